The van der Waals surface area contributed by atoms with E-state index >= 15 is 0 Å². The zero-order valence-electron chi connectivity index (χ0n) is 16.0. The van der Waals surface area contributed by atoms with Crippen molar-refractivity contribution >= 4 is 16.6 Å². The SMILES string of the molecule is COc1ccc(Cn2cc(C#N)c(=O)c3cc(F)c(N4CCOCC4)cc32)cc1. The molecular weight excluding hydrogens is 373 g/mol. The largest absolute Gasteiger partial charge is 0.497 e. The van der Waals surface area contributed by atoms with Gasteiger partial charge in [0.1, 0.15) is 23.2 Å². The van der Waals surface area contributed by atoms with Crippen molar-refractivity contribution in [3.8, 4) is 11.8 Å². The van der Waals surface area contributed by atoms with Gasteiger partial charge in [-0.25, -0.2) is 4.39 Å². The maximum Gasteiger partial charge on any atom is 0.207 e. The van der Waals surface area contributed by atoms with E-state index in [1.54, 1.807) is 13.2 Å². The van der Waals surface area contributed by atoms with Gasteiger partial charge >= 0.3 is 0 Å². The molecular formula is C22H20FN3O3. The van der Waals surface area contributed by atoms with Crippen LogP contribution in [0, 0.1) is 17.1 Å². The average molecular weight is 393 g/mol. The van der Waals surface area contributed by atoms with Crippen molar-refractivity contribution in [3.63, 3.8) is 0 Å². The second-order valence-electron chi connectivity index (χ2n) is 6.88. The Hall–Kier alpha value is -3.37. The lowest BCUT2D eigenvalue weighted by Gasteiger charge is -2.29. The van der Waals surface area contributed by atoms with E-state index in [2.05, 4.69) is 0 Å². The Bertz CT molecular complexity index is 1140. The van der Waals surface area contributed by atoms with Crippen molar-refractivity contribution in [2.24, 2.45) is 0 Å². The maximum atomic E-state index is 14.8. The summed E-state index contributed by atoms with van der Waals surface area (Å²) in [5, 5.41) is 9.57. The van der Waals surface area contributed by atoms with Crippen molar-refractivity contribution in [2.45, 2.75) is 6.54 Å². The molecule has 7 heteroatoms. The van der Waals surface area contributed by atoms with Crippen LogP contribution in [0.15, 0.2) is 47.4 Å². The molecule has 2 heterocycles. The van der Waals surface area contributed by atoms with Gasteiger partial charge < -0.3 is 18.9 Å². The van der Waals surface area contributed by atoms with Crippen LogP contribution in [0.3, 0.4) is 0 Å². The summed E-state index contributed by atoms with van der Waals surface area (Å²) < 4.78 is 27.2. The third-order valence-electron chi connectivity index (χ3n) is 5.13. The number of morpholine rings is 1. The molecule has 148 valence electrons. The number of ether oxygens (including phenoxy) is 2. The standard InChI is InChI=1S/C22H20FN3O3/c1-28-17-4-2-15(3-5-17)13-26-14-16(12-24)22(27)18-10-19(23)21(11-20(18)26)25-6-8-29-9-7-25/h2-5,10-11,14H,6-9,13H2,1H3. The molecule has 0 N–H and O–H groups in total. The summed E-state index contributed by atoms with van der Waals surface area (Å²) in [6.07, 6.45) is 1.54. The molecule has 0 spiro atoms. The van der Waals surface area contributed by atoms with Crippen LogP contribution in [-0.2, 0) is 11.3 Å². The number of anilines is 1. The lowest BCUT2D eigenvalue weighted by molar-refractivity contribution is 0.122. The van der Waals surface area contributed by atoms with Crippen LogP contribution in [0.4, 0.5) is 10.1 Å². The van der Waals surface area contributed by atoms with Gasteiger partial charge in [-0.3, -0.25) is 4.79 Å². The van der Waals surface area contributed by atoms with E-state index in [4.69, 9.17) is 9.47 Å². The molecule has 0 bridgehead atoms. The van der Waals surface area contributed by atoms with Crippen LogP contribution in [0.5, 0.6) is 5.75 Å². The summed E-state index contributed by atoms with van der Waals surface area (Å²) in [7, 11) is 1.60. The number of pyridine rings is 1. The number of hydrogen-bond acceptors (Lipinski definition) is 5. The quantitative estimate of drug-likeness (QED) is 0.682. The molecule has 0 unspecified atom stereocenters. The van der Waals surface area contributed by atoms with Gasteiger partial charge in [-0.05, 0) is 29.8 Å². The summed E-state index contributed by atoms with van der Waals surface area (Å²) >= 11 is 0. The van der Waals surface area contributed by atoms with Crippen molar-refractivity contribution in [2.75, 3.05) is 38.3 Å². The van der Waals surface area contributed by atoms with Gasteiger partial charge in [0.15, 0.2) is 0 Å². The Morgan fingerprint density at radius 3 is 2.59 bits per heavy atom. The number of methoxy groups -OCH3 is 1. The Morgan fingerprint density at radius 1 is 1.21 bits per heavy atom. The fraction of sp³-hybridized carbons (Fsp3) is 0.273. The van der Waals surface area contributed by atoms with E-state index in [0.29, 0.717) is 44.1 Å². The van der Waals surface area contributed by atoms with Gasteiger partial charge in [0.25, 0.3) is 0 Å². The Morgan fingerprint density at radius 2 is 1.93 bits per heavy atom. The lowest BCUT2D eigenvalue weighted by atomic mass is 10.1. The fourth-order valence-corrected chi connectivity index (χ4v) is 3.58. The van der Waals surface area contributed by atoms with E-state index in [0.717, 1.165) is 11.3 Å². The van der Waals surface area contributed by atoms with E-state index in [1.165, 1.54) is 12.3 Å². The van der Waals surface area contributed by atoms with Gasteiger partial charge in [0, 0.05) is 25.8 Å². The van der Waals surface area contributed by atoms with Crippen molar-refractivity contribution < 1.29 is 13.9 Å². The van der Waals surface area contributed by atoms with Crippen LogP contribution < -0.4 is 15.1 Å². The Kier molecular flexibility index (Phi) is 5.19. The summed E-state index contributed by atoms with van der Waals surface area (Å²) in [4.78, 5) is 14.6. The van der Waals surface area contributed by atoms with Gasteiger partial charge in [-0.1, -0.05) is 12.1 Å². The van der Waals surface area contributed by atoms with Crippen LogP contribution in [0.2, 0.25) is 0 Å². The number of nitrogens with zero attached hydrogens (tertiary/aromatic N) is 3. The zero-order chi connectivity index (χ0) is 20.4. The number of benzene rings is 2. The molecule has 3 aromatic rings. The molecule has 1 aromatic heterocycles. The van der Waals surface area contributed by atoms with E-state index in [-0.39, 0.29) is 10.9 Å². The topological polar surface area (TPSA) is 67.5 Å². The van der Waals surface area contributed by atoms with Crippen LogP contribution in [0.25, 0.3) is 10.9 Å². The number of halogens is 1. The maximum absolute atomic E-state index is 14.8. The van der Waals surface area contributed by atoms with Crippen LogP contribution >= 0.6 is 0 Å². The van der Waals surface area contributed by atoms with Crippen molar-refractivity contribution in [1.82, 2.24) is 4.57 Å². The minimum Gasteiger partial charge on any atom is -0.497 e. The highest BCUT2D eigenvalue weighted by molar-refractivity contribution is 5.84. The lowest BCUT2D eigenvalue weighted by Crippen LogP contribution is -2.36. The highest BCUT2D eigenvalue weighted by Gasteiger charge is 2.19. The molecule has 2 aromatic carbocycles. The first-order valence-corrected chi connectivity index (χ1v) is 9.33. The Balaban J connectivity index is 1.85. The minimum atomic E-state index is -0.470. The monoisotopic (exact) mass is 393 g/mol. The molecule has 1 aliphatic heterocycles. The molecule has 1 fully saturated rings. The number of hydrogen-bond donors (Lipinski definition) is 0. The molecule has 0 saturated carbocycles. The second kappa shape index (κ2) is 7.94. The summed E-state index contributed by atoms with van der Waals surface area (Å²) in [5.41, 5.74) is 1.53. The predicted octanol–water partition coefficient (Wildman–Crippen LogP) is 2.91. The second-order valence-corrected chi connectivity index (χ2v) is 6.88. The highest BCUT2D eigenvalue weighted by atomic mass is 19.1. The molecule has 0 radical (unpaired) electrons. The van der Waals surface area contributed by atoms with Gasteiger partial charge in [-0.15, -0.1) is 0 Å². The third-order valence-corrected chi connectivity index (χ3v) is 5.13. The number of rotatable bonds is 4. The van der Waals surface area contributed by atoms with Gasteiger partial charge in [-0.2, -0.15) is 5.26 Å². The number of fused-ring (bicyclic) bond motifs is 1. The molecule has 0 aliphatic carbocycles. The highest BCUT2D eigenvalue weighted by Crippen LogP contribution is 2.26. The van der Waals surface area contributed by atoms with Crippen molar-refractivity contribution in [3.05, 3.63) is 69.8 Å². The zero-order valence-corrected chi connectivity index (χ0v) is 16.0. The molecule has 29 heavy (non-hydrogen) atoms. The third kappa shape index (κ3) is 3.67. The van der Waals surface area contributed by atoms with Crippen LogP contribution in [0.1, 0.15) is 11.1 Å². The predicted molar refractivity (Wildman–Crippen MR) is 108 cm³/mol. The van der Waals surface area contributed by atoms with E-state index < -0.39 is 11.2 Å². The van der Waals surface area contributed by atoms with E-state index in [9.17, 15) is 14.4 Å². The average Bonchev–Trinajstić information content (AvgIpc) is 2.76. The first kappa shape index (κ1) is 19.0. The molecule has 0 atom stereocenters. The molecule has 0 amide bonds. The number of aromatic nitrogens is 1. The normalized spacial score (nSPS) is 14.0. The Labute approximate surface area is 167 Å². The summed E-state index contributed by atoms with van der Waals surface area (Å²) in [6.45, 7) is 2.67. The van der Waals surface area contributed by atoms with Crippen molar-refractivity contribution in [1.29, 1.82) is 5.26 Å². The fourth-order valence-electron chi connectivity index (χ4n) is 3.58. The molecule has 1 saturated heterocycles. The van der Waals surface area contributed by atoms with Gasteiger partial charge in [0.2, 0.25) is 5.43 Å². The number of nitriles is 1. The smallest absolute Gasteiger partial charge is 0.207 e. The molecule has 6 nitrogen and oxygen atoms in total. The van der Waals surface area contributed by atoms with Crippen LogP contribution in [-0.4, -0.2) is 38.0 Å². The minimum absolute atomic E-state index is 0.00969. The molecule has 4 rings (SSSR count). The van der Waals surface area contributed by atoms with E-state index in [1.807, 2.05) is 39.8 Å². The van der Waals surface area contributed by atoms with Gasteiger partial charge in [0.05, 0.1) is 36.9 Å². The molecule has 1 aliphatic rings. The first-order chi connectivity index (χ1) is 14.1. The first-order valence-electron chi connectivity index (χ1n) is 9.33. The summed E-state index contributed by atoms with van der Waals surface area (Å²) in [6, 6.07) is 12.4. The summed E-state index contributed by atoms with van der Waals surface area (Å²) in [5.74, 6) is 0.274.